The van der Waals surface area contributed by atoms with Gasteiger partial charge in [-0.15, -0.1) is 0 Å². The molecule has 1 heterocycles. The van der Waals surface area contributed by atoms with Gasteiger partial charge in [-0.2, -0.15) is 0 Å². The van der Waals surface area contributed by atoms with Crippen LogP contribution < -0.4 is 0 Å². The SMILES string of the molecule is CC1CCN(CCC(=O)c2ccc3c(c2)CCC3)CC1. The number of likely N-dealkylation sites (tertiary alicyclic amines) is 1. The minimum Gasteiger partial charge on any atom is -0.303 e. The topological polar surface area (TPSA) is 20.3 Å². The van der Waals surface area contributed by atoms with Crippen LogP contribution in [0.4, 0.5) is 0 Å². The lowest BCUT2D eigenvalue weighted by molar-refractivity contribution is 0.0953. The van der Waals surface area contributed by atoms with E-state index in [9.17, 15) is 4.79 Å². The molecular formula is C18H25NO. The molecule has 0 saturated carbocycles. The molecule has 0 unspecified atom stereocenters. The molecule has 0 bridgehead atoms. The van der Waals surface area contributed by atoms with Crippen LogP contribution in [0.15, 0.2) is 18.2 Å². The summed E-state index contributed by atoms with van der Waals surface area (Å²) in [6.07, 6.45) is 6.84. The van der Waals surface area contributed by atoms with Gasteiger partial charge in [0, 0.05) is 18.5 Å². The molecular weight excluding hydrogens is 246 g/mol. The molecule has 108 valence electrons. The van der Waals surface area contributed by atoms with E-state index in [1.54, 1.807) is 0 Å². The third-order valence-corrected chi connectivity index (χ3v) is 4.95. The molecule has 3 rings (SSSR count). The molecule has 0 atom stereocenters. The summed E-state index contributed by atoms with van der Waals surface area (Å²) in [6, 6.07) is 6.34. The van der Waals surface area contributed by atoms with Gasteiger partial charge in [-0.3, -0.25) is 4.79 Å². The quantitative estimate of drug-likeness (QED) is 0.781. The van der Waals surface area contributed by atoms with Crippen LogP contribution in [0.5, 0.6) is 0 Å². The summed E-state index contributed by atoms with van der Waals surface area (Å²) >= 11 is 0. The average molecular weight is 271 g/mol. The Bertz CT molecular complexity index is 486. The van der Waals surface area contributed by atoms with E-state index in [1.807, 2.05) is 6.07 Å². The summed E-state index contributed by atoms with van der Waals surface area (Å²) in [5.41, 5.74) is 3.78. The van der Waals surface area contributed by atoms with Crippen molar-refractivity contribution in [1.82, 2.24) is 4.90 Å². The number of aryl methyl sites for hydroxylation is 2. The first kappa shape index (κ1) is 13.8. The maximum absolute atomic E-state index is 12.3. The monoisotopic (exact) mass is 271 g/mol. The molecule has 2 nitrogen and oxygen atoms in total. The highest BCUT2D eigenvalue weighted by Crippen LogP contribution is 2.23. The van der Waals surface area contributed by atoms with Gasteiger partial charge in [-0.25, -0.2) is 0 Å². The van der Waals surface area contributed by atoms with E-state index >= 15 is 0 Å². The van der Waals surface area contributed by atoms with Crippen LogP contribution in [0, 0.1) is 5.92 Å². The number of piperidine rings is 1. The number of Topliss-reactive ketones (excluding diaryl/α,β-unsaturated/α-hetero) is 1. The lowest BCUT2D eigenvalue weighted by Crippen LogP contribution is -2.34. The van der Waals surface area contributed by atoms with E-state index in [0.717, 1.165) is 24.4 Å². The Kier molecular flexibility index (Phi) is 4.21. The van der Waals surface area contributed by atoms with Gasteiger partial charge in [-0.1, -0.05) is 19.1 Å². The molecule has 1 aromatic carbocycles. The highest BCUT2D eigenvalue weighted by atomic mass is 16.1. The fraction of sp³-hybridized carbons (Fsp3) is 0.611. The van der Waals surface area contributed by atoms with Gasteiger partial charge in [0.05, 0.1) is 0 Å². The zero-order valence-electron chi connectivity index (χ0n) is 12.5. The molecule has 2 aliphatic rings. The van der Waals surface area contributed by atoms with Crippen LogP contribution >= 0.6 is 0 Å². The van der Waals surface area contributed by atoms with Gasteiger partial charge in [0.1, 0.15) is 0 Å². The van der Waals surface area contributed by atoms with Gasteiger partial charge in [0.15, 0.2) is 5.78 Å². The van der Waals surface area contributed by atoms with E-state index in [2.05, 4.69) is 24.0 Å². The minimum absolute atomic E-state index is 0.318. The molecule has 0 aromatic heterocycles. The van der Waals surface area contributed by atoms with Crippen molar-refractivity contribution in [1.29, 1.82) is 0 Å². The number of rotatable bonds is 4. The van der Waals surface area contributed by atoms with E-state index in [1.165, 1.54) is 49.9 Å². The second kappa shape index (κ2) is 6.09. The molecule has 0 amide bonds. The van der Waals surface area contributed by atoms with Crippen molar-refractivity contribution in [2.24, 2.45) is 5.92 Å². The predicted octanol–water partition coefficient (Wildman–Crippen LogP) is 3.48. The largest absolute Gasteiger partial charge is 0.303 e. The molecule has 20 heavy (non-hydrogen) atoms. The third-order valence-electron chi connectivity index (χ3n) is 4.95. The first-order valence-electron chi connectivity index (χ1n) is 8.10. The van der Waals surface area contributed by atoms with Crippen molar-refractivity contribution >= 4 is 5.78 Å². The summed E-state index contributed by atoms with van der Waals surface area (Å²) in [5.74, 6) is 1.18. The number of hydrogen-bond donors (Lipinski definition) is 0. The minimum atomic E-state index is 0.318. The van der Waals surface area contributed by atoms with Crippen LogP contribution in [-0.2, 0) is 12.8 Å². The van der Waals surface area contributed by atoms with Gasteiger partial charge < -0.3 is 4.90 Å². The predicted molar refractivity (Wildman–Crippen MR) is 82.3 cm³/mol. The average Bonchev–Trinajstić information content (AvgIpc) is 2.93. The summed E-state index contributed by atoms with van der Waals surface area (Å²) < 4.78 is 0. The fourth-order valence-electron chi connectivity index (χ4n) is 3.43. The van der Waals surface area contributed by atoms with Crippen LogP contribution in [-0.4, -0.2) is 30.3 Å². The first-order chi connectivity index (χ1) is 9.72. The maximum atomic E-state index is 12.3. The van der Waals surface area contributed by atoms with Crippen LogP contribution in [0.25, 0.3) is 0 Å². The summed E-state index contributed by atoms with van der Waals surface area (Å²) in [4.78, 5) is 14.8. The van der Waals surface area contributed by atoms with Crippen molar-refractivity contribution in [3.8, 4) is 0 Å². The molecule has 0 radical (unpaired) electrons. The summed E-state index contributed by atoms with van der Waals surface area (Å²) in [7, 11) is 0. The Morgan fingerprint density at radius 1 is 1.20 bits per heavy atom. The van der Waals surface area contributed by atoms with Gasteiger partial charge >= 0.3 is 0 Å². The second-order valence-electron chi connectivity index (χ2n) is 6.53. The number of fused-ring (bicyclic) bond motifs is 1. The summed E-state index contributed by atoms with van der Waals surface area (Å²) in [6.45, 7) is 5.59. The van der Waals surface area contributed by atoms with E-state index in [-0.39, 0.29) is 0 Å². The Morgan fingerprint density at radius 3 is 2.75 bits per heavy atom. The Hall–Kier alpha value is -1.15. The molecule has 1 fully saturated rings. The molecule has 2 heteroatoms. The Balaban J connectivity index is 1.54. The molecule has 1 aliphatic heterocycles. The number of benzene rings is 1. The van der Waals surface area contributed by atoms with Crippen molar-refractivity contribution in [3.63, 3.8) is 0 Å². The highest BCUT2D eigenvalue weighted by Gasteiger charge is 2.18. The van der Waals surface area contributed by atoms with E-state index in [0.29, 0.717) is 12.2 Å². The molecule has 0 N–H and O–H groups in total. The van der Waals surface area contributed by atoms with Crippen LogP contribution in [0.2, 0.25) is 0 Å². The van der Waals surface area contributed by atoms with Crippen molar-refractivity contribution in [2.45, 2.75) is 45.4 Å². The lowest BCUT2D eigenvalue weighted by atomic mass is 9.98. The zero-order chi connectivity index (χ0) is 13.9. The molecule has 1 aromatic rings. The van der Waals surface area contributed by atoms with Crippen molar-refractivity contribution < 1.29 is 4.79 Å². The maximum Gasteiger partial charge on any atom is 0.164 e. The molecule has 1 aliphatic carbocycles. The number of nitrogens with zero attached hydrogens (tertiary/aromatic N) is 1. The summed E-state index contributed by atoms with van der Waals surface area (Å²) in [5, 5.41) is 0. The normalized spacial score (nSPS) is 20.1. The zero-order valence-corrected chi connectivity index (χ0v) is 12.5. The molecule has 0 spiro atoms. The number of carbonyl (C=O) groups excluding carboxylic acids is 1. The van der Waals surface area contributed by atoms with Crippen molar-refractivity contribution in [2.75, 3.05) is 19.6 Å². The lowest BCUT2D eigenvalue weighted by Gasteiger charge is -2.29. The Morgan fingerprint density at radius 2 is 1.95 bits per heavy atom. The number of hydrogen-bond acceptors (Lipinski definition) is 2. The number of ketones is 1. The fourth-order valence-corrected chi connectivity index (χ4v) is 3.43. The van der Waals surface area contributed by atoms with Crippen LogP contribution in [0.3, 0.4) is 0 Å². The Labute approximate surface area is 122 Å². The van der Waals surface area contributed by atoms with E-state index in [4.69, 9.17) is 0 Å². The van der Waals surface area contributed by atoms with Gasteiger partial charge in [-0.05, 0) is 68.3 Å². The van der Waals surface area contributed by atoms with Gasteiger partial charge in [0.2, 0.25) is 0 Å². The molecule has 1 saturated heterocycles. The van der Waals surface area contributed by atoms with Gasteiger partial charge in [0.25, 0.3) is 0 Å². The van der Waals surface area contributed by atoms with Crippen molar-refractivity contribution in [3.05, 3.63) is 34.9 Å². The third kappa shape index (κ3) is 3.12. The highest BCUT2D eigenvalue weighted by molar-refractivity contribution is 5.96. The number of carbonyl (C=O) groups is 1. The van der Waals surface area contributed by atoms with Crippen LogP contribution in [0.1, 0.15) is 54.1 Å². The van der Waals surface area contributed by atoms with E-state index < -0.39 is 0 Å². The smallest absolute Gasteiger partial charge is 0.164 e. The second-order valence-corrected chi connectivity index (χ2v) is 6.53. The standard InChI is InChI=1S/C18H25NO/c1-14-7-10-19(11-8-14)12-9-18(20)17-6-5-15-3-2-4-16(15)13-17/h5-6,13-14H,2-4,7-12H2,1H3. The first-order valence-corrected chi connectivity index (χ1v) is 8.10.